The lowest BCUT2D eigenvalue weighted by atomic mass is 10.1. The third kappa shape index (κ3) is 2.18. The fourth-order valence-electron chi connectivity index (χ4n) is 1.51. The van der Waals surface area contributed by atoms with Gasteiger partial charge in [-0.15, -0.1) is 0 Å². The van der Waals surface area contributed by atoms with Gasteiger partial charge in [-0.05, 0) is 5.92 Å². The zero-order chi connectivity index (χ0) is 10.0. The van der Waals surface area contributed by atoms with Crippen molar-refractivity contribution in [3.05, 3.63) is 0 Å². The SMILES string of the molecule is CC(C)C1NCC(=O)N1CC(N)=O. The molecule has 1 atom stereocenters. The lowest BCUT2D eigenvalue weighted by Gasteiger charge is -2.25. The summed E-state index contributed by atoms with van der Waals surface area (Å²) in [4.78, 5) is 23.4. The fraction of sp³-hybridized carbons (Fsp3) is 0.750. The summed E-state index contributed by atoms with van der Waals surface area (Å²) < 4.78 is 0. The van der Waals surface area contributed by atoms with Crippen LogP contribution < -0.4 is 11.1 Å². The van der Waals surface area contributed by atoms with Crippen LogP contribution in [-0.4, -0.2) is 36.0 Å². The van der Waals surface area contributed by atoms with Gasteiger partial charge in [0.2, 0.25) is 11.8 Å². The summed E-state index contributed by atoms with van der Waals surface area (Å²) in [6.07, 6.45) is -0.0556. The predicted octanol–water partition coefficient (Wildman–Crippen LogP) is -1.11. The Hall–Kier alpha value is -1.10. The second-order valence-electron chi connectivity index (χ2n) is 3.56. The molecule has 5 heteroatoms. The fourth-order valence-corrected chi connectivity index (χ4v) is 1.51. The van der Waals surface area contributed by atoms with E-state index in [1.54, 1.807) is 0 Å². The molecular weight excluding hydrogens is 170 g/mol. The van der Waals surface area contributed by atoms with Crippen molar-refractivity contribution in [1.82, 2.24) is 10.2 Å². The number of nitrogens with zero attached hydrogens (tertiary/aromatic N) is 1. The molecule has 0 bridgehead atoms. The van der Waals surface area contributed by atoms with Gasteiger partial charge in [0.25, 0.3) is 0 Å². The molecule has 0 aliphatic carbocycles. The summed E-state index contributed by atoms with van der Waals surface area (Å²) in [6.45, 7) is 4.29. The first-order chi connectivity index (χ1) is 6.02. The average molecular weight is 185 g/mol. The Morgan fingerprint density at radius 2 is 2.38 bits per heavy atom. The molecule has 0 aromatic carbocycles. The van der Waals surface area contributed by atoms with E-state index >= 15 is 0 Å². The Morgan fingerprint density at radius 1 is 1.77 bits per heavy atom. The molecule has 0 aromatic rings. The van der Waals surface area contributed by atoms with Crippen molar-refractivity contribution in [3.8, 4) is 0 Å². The molecule has 1 rings (SSSR count). The Bertz CT molecular complexity index is 227. The van der Waals surface area contributed by atoms with Crippen LogP contribution in [0.4, 0.5) is 0 Å². The minimum atomic E-state index is -0.470. The van der Waals surface area contributed by atoms with Gasteiger partial charge in [-0.25, -0.2) is 0 Å². The van der Waals surface area contributed by atoms with Gasteiger partial charge in [0.15, 0.2) is 0 Å². The largest absolute Gasteiger partial charge is 0.368 e. The summed E-state index contributed by atoms with van der Waals surface area (Å²) >= 11 is 0. The minimum Gasteiger partial charge on any atom is -0.368 e. The maximum Gasteiger partial charge on any atom is 0.238 e. The van der Waals surface area contributed by atoms with Crippen LogP contribution in [0.15, 0.2) is 0 Å². The molecule has 0 spiro atoms. The Labute approximate surface area is 77.3 Å². The number of rotatable bonds is 3. The summed E-state index contributed by atoms with van der Waals surface area (Å²) in [5.74, 6) is -0.244. The molecule has 5 nitrogen and oxygen atoms in total. The first-order valence-corrected chi connectivity index (χ1v) is 4.33. The highest BCUT2D eigenvalue weighted by atomic mass is 16.2. The average Bonchev–Trinajstić information content (AvgIpc) is 2.32. The van der Waals surface area contributed by atoms with Gasteiger partial charge in [-0.1, -0.05) is 13.8 Å². The van der Waals surface area contributed by atoms with Crippen molar-refractivity contribution in [3.63, 3.8) is 0 Å². The van der Waals surface area contributed by atoms with Crippen LogP contribution in [-0.2, 0) is 9.59 Å². The number of amides is 2. The summed E-state index contributed by atoms with van der Waals surface area (Å²) in [6, 6.07) is 0. The predicted molar refractivity (Wildman–Crippen MR) is 47.5 cm³/mol. The summed E-state index contributed by atoms with van der Waals surface area (Å²) in [7, 11) is 0. The highest BCUT2D eigenvalue weighted by molar-refractivity contribution is 5.86. The number of hydrogen-bond acceptors (Lipinski definition) is 3. The van der Waals surface area contributed by atoms with Crippen LogP contribution in [0.5, 0.6) is 0 Å². The molecule has 0 saturated carbocycles. The second-order valence-corrected chi connectivity index (χ2v) is 3.56. The first kappa shape index (κ1) is 9.98. The standard InChI is InChI=1S/C8H15N3O2/c1-5(2)8-10-3-7(13)11(8)4-6(9)12/h5,8,10H,3-4H2,1-2H3,(H2,9,12). The van der Waals surface area contributed by atoms with E-state index in [1.807, 2.05) is 13.8 Å². The first-order valence-electron chi connectivity index (χ1n) is 4.33. The van der Waals surface area contributed by atoms with Gasteiger partial charge in [-0.2, -0.15) is 0 Å². The van der Waals surface area contributed by atoms with Crippen LogP contribution in [0.25, 0.3) is 0 Å². The number of carbonyl (C=O) groups is 2. The van der Waals surface area contributed by atoms with E-state index in [4.69, 9.17) is 5.73 Å². The van der Waals surface area contributed by atoms with E-state index in [1.165, 1.54) is 4.90 Å². The van der Waals surface area contributed by atoms with Crippen molar-refractivity contribution in [1.29, 1.82) is 0 Å². The summed E-state index contributed by atoms with van der Waals surface area (Å²) in [5.41, 5.74) is 5.04. The third-order valence-electron chi connectivity index (χ3n) is 2.08. The molecule has 1 saturated heterocycles. The number of nitrogens with one attached hydrogen (secondary N) is 1. The highest BCUT2D eigenvalue weighted by Crippen LogP contribution is 2.12. The topological polar surface area (TPSA) is 75.4 Å². The van der Waals surface area contributed by atoms with Gasteiger partial charge < -0.3 is 10.6 Å². The maximum atomic E-state index is 11.3. The van der Waals surface area contributed by atoms with Gasteiger partial charge in [0, 0.05) is 0 Å². The van der Waals surface area contributed by atoms with E-state index in [9.17, 15) is 9.59 Å². The van der Waals surface area contributed by atoms with Crippen molar-refractivity contribution in [2.45, 2.75) is 20.0 Å². The molecule has 1 aliphatic rings. The van der Waals surface area contributed by atoms with E-state index in [0.29, 0.717) is 6.54 Å². The smallest absolute Gasteiger partial charge is 0.238 e. The van der Waals surface area contributed by atoms with Gasteiger partial charge in [-0.3, -0.25) is 14.9 Å². The molecule has 74 valence electrons. The monoisotopic (exact) mass is 185 g/mol. The number of carbonyl (C=O) groups excluding carboxylic acids is 2. The molecule has 1 fully saturated rings. The summed E-state index contributed by atoms with van der Waals surface area (Å²) in [5, 5.41) is 3.03. The van der Waals surface area contributed by atoms with E-state index in [2.05, 4.69) is 5.32 Å². The Kier molecular flexibility index (Phi) is 2.87. The lowest BCUT2D eigenvalue weighted by Crippen LogP contribution is -2.45. The van der Waals surface area contributed by atoms with Crippen LogP contribution >= 0.6 is 0 Å². The van der Waals surface area contributed by atoms with Gasteiger partial charge in [0.1, 0.15) is 6.54 Å². The molecule has 0 radical (unpaired) electrons. The Morgan fingerprint density at radius 3 is 2.85 bits per heavy atom. The molecule has 2 amide bonds. The zero-order valence-corrected chi connectivity index (χ0v) is 7.91. The molecular formula is C8H15N3O2. The molecule has 1 aliphatic heterocycles. The van der Waals surface area contributed by atoms with E-state index in [0.717, 1.165) is 0 Å². The maximum absolute atomic E-state index is 11.3. The quantitative estimate of drug-likeness (QED) is 0.585. The van der Waals surface area contributed by atoms with Crippen LogP contribution in [0.3, 0.4) is 0 Å². The zero-order valence-electron chi connectivity index (χ0n) is 7.91. The Balaban J connectivity index is 2.65. The van der Waals surface area contributed by atoms with Crippen molar-refractivity contribution in [2.75, 3.05) is 13.1 Å². The lowest BCUT2D eigenvalue weighted by molar-refractivity contribution is -0.133. The van der Waals surface area contributed by atoms with Gasteiger partial charge in [0.05, 0.1) is 12.7 Å². The molecule has 1 unspecified atom stereocenters. The highest BCUT2D eigenvalue weighted by Gasteiger charge is 2.32. The molecule has 13 heavy (non-hydrogen) atoms. The number of nitrogens with two attached hydrogens (primary N) is 1. The van der Waals surface area contributed by atoms with Crippen LogP contribution in [0.1, 0.15) is 13.8 Å². The van der Waals surface area contributed by atoms with Crippen molar-refractivity contribution < 1.29 is 9.59 Å². The number of hydrogen-bond donors (Lipinski definition) is 2. The van der Waals surface area contributed by atoms with Crippen LogP contribution in [0.2, 0.25) is 0 Å². The van der Waals surface area contributed by atoms with Crippen LogP contribution in [0, 0.1) is 5.92 Å². The minimum absolute atomic E-state index is 0.00861. The van der Waals surface area contributed by atoms with Crippen molar-refractivity contribution in [2.24, 2.45) is 11.7 Å². The van der Waals surface area contributed by atoms with Crippen molar-refractivity contribution >= 4 is 11.8 Å². The molecule has 1 heterocycles. The van der Waals surface area contributed by atoms with Gasteiger partial charge >= 0.3 is 0 Å². The normalized spacial score (nSPS) is 22.8. The third-order valence-corrected chi connectivity index (χ3v) is 2.08. The van der Waals surface area contributed by atoms with E-state index < -0.39 is 5.91 Å². The van der Waals surface area contributed by atoms with E-state index in [-0.39, 0.29) is 24.5 Å². The molecule has 0 aromatic heterocycles. The number of primary amides is 1. The molecule has 3 N–H and O–H groups in total. The second kappa shape index (κ2) is 3.74.